The van der Waals surface area contributed by atoms with E-state index in [-0.39, 0.29) is 11.9 Å². The van der Waals surface area contributed by atoms with Crippen LogP contribution in [0.4, 0.5) is 5.82 Å². The zero-order valence-electron chi connectivity index (χ0n) is 17.9. The number of anilines is 1. The van der Waals surface area contributed by atoms with Crippen molar-refractivity contribution in [2.45, 2.75) is 32.7 Å². The lowest BCUT2D eigenvalue weighted by molar-refractivity contribution is 0.0951. The van der Waals surface area contributed by atoms with E-state index >= 15 is 0 Å². The number of nitrogens with one attached hydrogen (secondary N) is 3. The molecule has 8 nitrogen and oxygen atoms in total. The molecule has 0 atom stereocenters. The van der Waals surface area contributed by atoms with Gasteiger partial charge in [0.2, 0.25) is 0 Å². The molecule has 3 aromatic heterocycles. The summed E-state index contributed by atoms with van der Waals surface area (Å²) in [5.41, 5.74) is 4.47. The highest BCUT2D eigenvalue weighted by Crippen LogP contribution is 2.30. The van der Waals surface area contributed by atoms with Gasteiger partial charge in [0.1, 0.15) is 5.69 Å². The molecule has 1 aliphatic carbocycles. The maximum Gasteiger partial charge on any atom is 0.253 e. The minimum atomic E-state index is -0.131. The standard InChI is InChI=1S/C23H24ClN7O/c1-13(2)10-25-21-22-26-11-20(31(22)12-19(29-21)18-7-8-27-30-18)14-3-6-16(17(24)9-14)23(32)28-15-4-5-15/h3,6-9,11-13,15H,4-5,10H2,1-2H3,(H,25,29)(H,27,30)(H,28,32). The van der Waals surface area contributed by atoms with Gasteiger partial charge in [-0.2, -0.15) is 5.10 Å². The lowest BCUT2D eigenvalue weighted by atomic mass is 10.1. The summed E-state index contributed by atoms with van der Waals surface area (Å²) in [5, 5.41) is 13.8. The fourth-order valence-electron chi connectivity index (χ4n) is 3.50. The van der Waals surface area contributed by atoms with Crippen LogP contribution in [0, 0.1) is 5.92 Å². The van der Waals surface area contributed by atoms with E-state index in [9.17, 15) is 4.79 Å². The van der Waals surface area contributed by atoms with Crippen LogP contribution in [0.15, 0.2) is 42.9 Å². The Bertz CT molecular complexity index is 1280. The number of carbonyl (C=O) groups is 1. The number of fused-ring (bicyclic) bond motifs is 1. The van der Waals surface area contributed by atoms with Crippen molar-refractivity contribution < 1.29 is 4.79 Å². The number of amides is 1. The Labute approximate surface area is 190 Å². The Kier molecular flexibility index (Phi) is 5.30. The van der Waals surface area contributed by atoms with Gasteiger partial charge < -0.3 is 10.6 Å². The van der Waals surface area contributed by atoms with Gasteiger partial charge in [0, 0.05) is 30.5 Å². The monoisotopic (exact) mass is 449 g/mol. The maximum absolute atomic E-state index is 12.4. The Morgan fingerprint density at radius 1 is 1.31 bits per heavy atom. The Morgan fingerprint density at radius 2 is 2.16 bits per heavy atom. The maximum atomic E-state index is 12.4. The summed E-state index contributed by atoms with van der Waals surface area (Å²) >= 11 is 6.50. The molecule has 0 spiro atoms. The molecule has 9 heteroatoms. The van der Waals surface area contributed by atoms with Gasteiger partial charge >= 0.3 is 0 Å². The second kappa shape index (κ2) is 8.27. The van der Waals surface area contributed by atoms with Crippen molar-refractivity contribution in [3.63, 3.8) is 0 Å². The molecule has 0 bridgehead atoms. The van der Waals surface area contributed by atoms with E-state index in [1.165, 1.54) is 0 Å². The second-order valence-corrected chi connectivity index (χ2v) is 8.91. The fraction of sp³-hybridized carbons (Fsp3) is 0.304. The molecule has 1 saturated carbocycles. The quantitative estimate of drug-likeness (QED) is 0.388. The first-order valence-corrected chi connectivity index (χ1v) is 11.1. The predicted octanol–water partition coefficient (Wildman–Crippen LogP) is 4.40. The first-order valence-electron chi connectivity index (χ1n) is 10.7. The third kappa shape index (κ3) is 4.05. The topological polar surface area (TPSA) is 100 Å². The molecule has 0 unspecified atom stereocenters. The van der Waals surface area contributed by atoms with Gasteiger partial charge in [-0.3, -0.25) is 14.3 Å². The van der Waals surface area contributed by atoms with Gasteiger partial charge in [-0.15, -0.1) is 0 Å². The molecule has 3 heterocycles. The normalized spacial score (nSPS) is 13.6. The van der Waals surface area contributed by atoms with E-state index in [0.29, 0.717) is 22.3 Å². The molecule has 1 amide bonds. The van der Waals surface area contributed by atoms with Crippen LogP contribution < -0.4 is 10.6 Å². The third-order valence-corrected chi connectivity index (χ3v) is 5.68. The summed E-state index contributed by atoms with van der Waals surface area (Å²) in [6, 6.07) is 7.63. The van der Waals surface area contributed by atoms with Crippen molar-refractivity contribution in [2.24, 2.45) is 5.92 Å². The summed E-state index contributed by atoms with van der Waals surface area (Å²) in [5.74, 6) is 1.02. The van der Waals surface area contributed by atoms with Crippen LogP contribution in [-0.4, -0.2) is 43.1 Å². The summed E-state index contributed by atoms with van der Waals surface area (Å²) in [4.78, 5) is 21.8. The molecular weight excluding hydrogens is 426 g/mol. The van der Waals surface area contributed by atoms with E-state index in [2.05, 4.69) is 39.7 Å². The number of hydrogen-bond acceptors (Lipinski definition) is 5. The SMILES string of the molecule is CC(C)CNc1nc(-c2ccn[nH]2)cn2c(-c3ccc(C(=O)NC4CC4)c(Cl)c3)cnc12. The molecule has 4 aromatic rings. The molecular formula is C23H24ClN7O. The average Bonchev–Trinajstić information content (AvgIpc) is 3.25. The van der Waals surface area contributed by atoms with Gasteiger partial charge in [-0.25, -0.2) is 9.97 Å². The van der Waals surface area contributed by atoms with Crippen LogP contribution in [0.3, 0.4) is 0 Å². The highest BCUT2D eigenvalue weighted by molar-refractivity contribution is 6.34. The van der Waals surface area contributed by atoms with E-state index in [1.54, 1.807) is 18.5 Å². The van der Waals surface area contributed by atoms with Crippen molar-refractivity contribution in [1.29, 1.82) is 0 Å². The summed E-state index contributed by atoms with van der Waals surface area (Å²) in [6.07, 6.45) is 7.48. The van der Waals surface area contributed by atoms with Gasteiger partial charge in [-0.05, 0) is 37.0 Å². The summed E-state index contributed by atoms with van der Waals surface area (Å²) in [7, 11) is 0. The molecule has 5 rings (SSSR count). The van der Waals surface area contributed by atoms with Crippen LogP contribution in [0.1, 0.15) is 37.0 Å². The first kappa shape index (κ1) is 20.5. The Morgan fingerprint density at radius 3 is 2.84 bits per heavy atom. The van der Waals surface area contributed by atoms with Crippen molar-refractivity contribution in [1.82, 2.24) is 29.9 Å². The van der Waals surface area contributed by atoms with E-state index in [0.717, 1.165) is 47.7 Å². The van der Waals surface area contributed by atoms with E-state index in [4.69, 9.17) is 16.6 Å². The molecule has 0 saturated heterocycles. The highest BCUT2D eigenvalue weighted by atomic mass is 35.5. The zero-order valence-corrected chi connectivity index (χ0v) is 18.6. The number of aromatic nitrogens is 5. The third-order valence-electron chi connectivity index (χ3n) is 5.37. The van der Waals surface area contributed by atoms with Crippen molar-refractivity contribution in [2.75, 3.05) is 11.9 Å². The number of aromatic amines is 1. The molecule has 164 valence electrons. The molecule has 0 radical (unpaired) electrons. The first-order chi connectivity index (χ1) is 15.5. The Hall–Kier alpha value is -3.39. The minimum Gasteiger partial charge on any atom is -0.367 e. The summed E-state index contributed by atoms with van der Waals surface area (Å²) in [6.45, 7) is 5.06. The summed E-state index contributed by atoms with van der Waals surface area (Å²) < 4.78 is 1.99. The second-order valence-electron chi connectivity index (χ2n) is 8.50. The Balaban J connectivity index is 1.56. The molecule has 32 heavy (non-hydrogen) atoms. The van der Waals surface area contributed by atoms with Gasteiger partial charge in [0.25, 0.3) is 5.91 Å². The number of rotatable bonds is 7. The number of hydrogen-bond donors (Lipinski definition) is 3. The number of nitrogens with zero attached hydrogens (tertiary/aromatic N) is 4. The smallest absolute Gasteiger partial charge is 0.253 e. The number of carbonyl (C=O) groups excluding carboxylic acids is 1. The molecule has 1 aromatic carbocycles. The van der Waals surface area contributed by atoms with Gasteiger partial charge in [0.15, 0.2) is 11.5 Å². The van der Waals surface area contributed by atoms with Crippen molar-refractivity contribution in [3.8, 4) is 22.6 Å². The highest BCUT2D eigenvalue weighted by Gasteiger charge is 2.25. The van der Waals surface area contributed by atoms with E-state index in [1.807, 2.05) is 28.8 Å². The average molecular weight is 450 g/mol. The predicted molar refractivity (Wildman–Crippen MR) is 125 cm³/mol. The lowest BCUT2D eigenvalue weighted by Crippen LogP contribution is -2.25. The minimum absolute atomic E-state index is 0.131. The van der Waals surface area contributed by atoms with Crippen molar-refractivity contribution in [3.05, 3.63) is 53.4 Å². The molecule has 3 N–H and O–H groups in total. The van der Waals surface area contributed by atoms with Crippen LogP contribution in [0.2, 0.25) is 5.02 Å². The lowest BCUT2D eigenvalue weighted by Gasteiger charge is -2.12. The molecule has 1 aliphatic rings. The van der Waals surface area contributed by atoms with Crippen LogP contribution in [0.5, 0.6) is 0 Å². The van der Waals surface area contributed by atoms with Gasteiger partial charge in [0.05, 0.1) is 28.2 Å². The zero-order chi connectivity index (χ0) is 22.2. The van der Waals surface area contributed by atoms with E-state index < -0.39 is 0 Å². The fourth-order valence-corrected chi connectivity index (χ4v) is 3.77. The largest absolute Gasteiger partial charge is 0.367 e. The van der Waals surface area contributed by atoms with Gasteiger partial charge in [-0.1, -0.05) is 31.5 Å². The molecule has 1 fully saturated rings. The number of imidazole rings is 1. The van der Waals surface area contributed by atoms with Crippen molar-refractivity contribution >= 4 is 29.0 Å². The number of H-pyrrole nitrogens is 1. The van der Waals surface area contributed by atoms with Crippen LogP contribution >= 0.6 is 11.6 Å². The number of benzene rings is 1. The number of halogens is 1. The van der Waals surface area contributed by atoms with Crippen LogP contribution in [-0.2, 0) is 0 Å². The van der Waals surface area contributed by atoms with Crippen LogP contribution in [0.25, 0.3) is 28.3 Å². The molecule has 0 aliphatic heterocycles.